The maximum Gasteiger partial charge on any atom is 0.337 e. The molecular weight excluding hydrogens is 360 g/mol. The zero-order chi connectivity index (χ0) is 19.5. The Bertz CT molecular complexity index is 1190. The van der Waals surface area contributed by atoms with E-state index in [1.54, 1.807) is 18.2 Å². The van der Waals surface area contributed by atoms with Gasteiger partial charge in [-0.1, -0.05) is 35.2 Å². The molecule has 8 nitrogen and oxygen atoms in total. The van der Waals surface area contributed by atoms with E-state index in [-0.39, 0.29) is 12.5 Å². The Morgan fingerprint density at radius 1 is 1.04 bits per heavy atom. The number of rotatable bonds is 5. The molecule has 0 aliphatic carbocycles. The summed E-state index contributed by atoms with van der Waals surface area (Å²) in [6, 6.07) is 18.3. The molecule has 0 atom stereocenters. The summed E-state index contributed by atoms with van der Waals surface area (Å²) in [6.07, 6.45) is 0. The third kappa shape index (κ3) is 3.48. The largest absolute Gasteiger partial charge is 0.465 e. The Labute approximate surface area is 159 Å². The van der Waals surface area contributed by atoms with E-state index in [0.717, 1.165) is 15.6 Å². The van der Waals surface area contributed by atoms with Gasteiger partial charge in [-0.15, -0.1) is 5.10 Å². The van der Waals surface area contributed by atoms with E-state index in [9.17, 15) is 9.59 Å². The molecule has 0 saturated heterocycles. The van der Waals surface area contributed by atoms with Crippen molar-refractivity contribution in [2.24, 2.45) is 0 Å². The van der Waals surface area contributed by atoms with Crippen LogP contribution in [0, 0.1) is 0 Å². The van der Waals surface area contributed by atoms with Gasteiger partial charge in [0.15, 0.2) is 6.61 Å². The van der Waals surface area contributed by atoms with Gasteiger partial charge in [-0.2, -0.15) is 0 Å². The summed E-state index contributed by atoms with van der Waals surface area (Å²) >= 11 is 0. The molecule has 0 radical (unpaired) electrons. The minimum absolute atomic E-state index is 0.270. The van der Waals surface area contributed by atoms with E-state index < -0.39 is 5.97 Å². The van der Waals surface area contributed by atoms with Crippen molar-refractivity contribution in [1.82, 2.24) is 15.2 Å². The summed E-state index contributed by atoms with van der Waals surface area (Å²) in [7, 11) is 1.30. The first-order chi connectivity index (χ1) is 13.6. The maximum absolute atomic E-state index is 12.2. The van der Waals surface area contributed by atoms with Crippen LogP contribution in [0.15, 0.2) is 60.7 Å². The Morgan fingerprint density at radius 3 is 2.68 bits per heavy atom. The molecule has 0 unspecified atom stereocenters. The van der Waals surface area contributed by atoms with Crippen LogP contribution in [0.25, 0.3) is 21.8 Å². The standard InChI is InChI=1S/C20H16N4O4/c1-27-20(26)15-7-9-17-18(11-15)24(23-22-17)28-12-19(25)21-16-8-6-13-4-2-3-5-14(13)10-16/h2-11H,12H2,1H3,(H,21,25). The van der Waals surface area contributed by atoms with Crippen molar-refractivity contribution in [2.45, 2.75) is 0 Å². The van der Waals surface area contributed by atoms with Crippen molar-refractivity contribution in [3.8, 4) is 0 Å². The number of ether oxygens (including phenoxy) is 1. The van der Waals surface area contributed by atoms with Gasteiger partial charge in [0.2, 0.25) is 0 Å². The van der Waals surface area contributed by atoms with Crippen LogP contribution in [-0.2, 0) is 9.53 Å². The number of hydrogen-bond donors (Lipinski definition) is 1. The van der Waals surface area contributed by atoms with Gasteiger partial charge < -0.3 is 14.9 Å². The third-order valence-corrected chi connectivity index (χ3v) is 4.19. The molecule has 8 heteroatoms. The summed E-state index contributed by atoms with van der Waals surface area (Å²) in [4.78, 5) is 30.4. The van der Waals surface area contributed by atoms with E-state index in [1.165, 1.54) is 7.11 Å². The van der Waals surface area contributed by atoms with Gasteiger partial charge >= 0.3 is 5.97 Å². The molecule has 28 heavy (non-hydrogen) atoms. The second-order valence-corrected chi connectivity index (χ2v) is 6.04. The summed E-state index contributed by atoms with van der Waals surface area (Å²) in [5, 5.41) is 12.7. The summed E-state index contributed by atoms with van der Waals surface area (Å²) in [5.74, 6) is -0.827. The van der Waals surface area contributed by atoms with Gasteiger partial charge in [0.1, 0.15) is 11.0 Å². The summed E-state index contributed by atoms with van der Waals surface area (Å²) < 4.78 is 4.70. The fourth-order valence-corrected chi connectivity index (χ4v) is 2.82. The lowest BCUT2D eigenvalue weighted by molar-refractivity contribution is -0.121. The highest BCUT2D eigenvalue weighted by Gasteiger charge is 2.12. The van der Waals surface area contributed by atoms with Gasteiger partial charge in [0.25, 0.3) is 5.91 Å². The number of hydrogen-bond acceptors (Lipinski definition) is 6. The Balaban J connectivity index is 1.46. The van der Waals surface area contributed by atoms with Crippen molar-refractivity contribution in [1.29, 1.82) is 0 Å². The number of fused-ring (bicyclic) bond motifs is 2. The van der Waals surface area contributed by atoms with Crippen LogP contribution in [0.1, 0.15) is 10.4 Å². The normalized spacial score (nSPS) is 10.8. The van der Waals surface area contributed by atoms with E-state index in [0.29, 0.717) is 22.3 Å². The minimum atomic E-state index is -0.483. The zero-order valence-corrected chi connectivity index (χ0v) is 15.0. The first-order valence-corrected chi connectivity index (χ1v) is 8.50. The van der Waals surface area contributed by atoms with Crippen molar-refractivity contribution < 1.29 is 19.2 Å². The Hall–Kier alpha value is -3.94. The fourth-order valence-electron chi connectivity index (χ4n) is 2.82. The van der Waals surface area contributed by atoms with E-state index in [4.69, 9.17) is 9.57 Å². The number of carbonyl (C=O) groups excluding carboxylic acids is 2. The SMILES string of the molecule is COC(=O)c1ccc2nnn(OCC(=O)Nc3ccc4ccccc4c3)c2c1. The van der Waals surface area contributed by atoms with Crippen LogP contribution >= 0.6 is 0 Å². The average Bonchev–Trinajstić information content (AvgIpc) is 3.14. The molecule has 0 saturated carbocycles. The number of anilines is 1. The van der Waals surface area contributed by atoms with Gasteiger partial charge in [-0.25, -0.2) is 4.79 Å². The van der Waals surface area contributed by atoms with Crippen molar-refractivity contribution in [3.05, 3.63) is 66.2 Å². The summed E-state index contributed by atoms with van der Waals surface area (Å²) in [6.45, 7) is -0.270. The predicted octanol–water partition coefficient (Wildman–Crippen LogP) is 2.44. The quantitative estimate of drug-likeness (QED) is 0.538. The average molecular weight is 376 g/mol. The smallest absolute Gasteiger partial charge is 0.337 e. The molecule has 140 valence electrons. The molecule has 4 aromatic rings. The molecule has 0 fully saturated rings. The van der Waals surface area contributed by atoms with Gasteiger partial charge in [-0.05, 0) is 46.3 Å². The molecule has 1 amide bonds. The molecule has 1 N–H and O–H groups in total. The Kier molecular flexibility index (Phi) is 4.59. The number of carbonyl (C=O) groups is 2. The fraction of sp³-hybridized carbons (Fsp3) is 0.100. The first kappa shape index (κ1) is 17.5. The van der Waals surface area contributed by atoms with Crippen LogP contribution in [0.3, 0.4) is 0 Å². The molecule has 1 aromatic heterocycles. The number of methoxy groups -OCH3 is 1. The van der Waals surface area contributed by atoms with Crippen LogP contribution in [0.5, 0.6) is 0 Å². The number of nitrogens with zero attached hydrogens (tertiary/aromatic N) is 3. The topological polar surface area (TPSA) is 95.3 Å². The van der Waals surface area contributed by atoms with Crippen molar-refractivity contribution >= 4 is 39.4 Å². The van der Waals surface area contributed by atoms with Crippen LogP contribution in [-0.4, -0.2) is 40.8 Å². The lowest BCUT2D eigenvalue weighted by atomic mass is 10.1. The Morgan fingerprint density at radius 2 is 1.86 bits per heavy atom. The predicted molar refractivity (Wildman–Crippen MR) is 103 cm³/mol. The highest BCUT2D eigenvalue weighted by molar-refractivity contribution is 5.95. The van der Waals surface area contributed by atoms with Crippen LogP contribution < -0.4 is 10.2 Å². The lowest BCUT2D eigenvalue weighted by Gasteiger charge is -2.08. The van der Waals surface area contributed by atoms with Gasteiger partial charge in [0.05, 0.1) is 12.7 Å². The highest BCUT2D eigenvalue weighted by atomic mass is 16.7. The molecule has 3 aromatic carbocycles. The second-order valence-electron chi connectivity index (χ2n) is 6.04. The molecule has 0 aliphatic rings. The van der Waals surface area contributed by atoms with E-state index >= 15 is 0 Å². The zero-order valence-electron chi connectivity index (χ0n) is 15.0. The molecule has 0 spiro atoms. The molecule has 0 bridgehead atoms. The molecule has 0 aliphatic heterocycles. The number of esters is 1. The van der Waals surface area contributed by atoms with Crippen LogP contribution in [0.4, 0.5) is 5.69 Å². The van der Waals surface area contributed by atoms with Crippen molar-refractivity contribution in [3.63, 3.8) is 0 Å². The lowest BCUT2D eigenvalue weighted by Crippen LogP contribution is -2.26. The molecule has 1 heterocycles. The van der Waals surface area contributed by atoms with E-state index in [2.05, 4.69) is 15.6 Å². The van der Waals surface area contributed by atoms with Gasteiger partial charge in [0, 0.05) is 5.69 Å². The van der Waals surface area contributed by atoms with E-state index in [1.807, 2.05) is 42.5 Å². The number of aromatic nitrogens is 3. The number of nitrogens with one attached hydrogen (secondary N) is 1. The first-order valence-electron chi connectivity index (χ1n) is 8.50. The maximum atomic E-state index is 12.2. The monoisotopic (exact) mass is 376 g/mol. The summed E-state index contributed by atoms with van der Waals surface area (Å²) in [5.41, 5.74) is 2.00. The van der Waals surface area contributed by atoms with Crippen molar-refractivity contribution in [2.75, 3.05) is 19.0 Å². The number of amides is 1. The van der Waals surface area contributed by atoms with Crippen LogP contribution in [0.2, 0.25) is 0 Å². The third-order valence-electron chi connectivity index (χ3n) is 4.19. The molecular formula is C20H16N4O4. The highest BCUT2D eigenvalue weighted by Crippen LogP contribution is 2.19. The number of benzene rings is 3. The van der Waals surface area contributed by atoms with Gasteiger partial charge in [-0.3, -0.25) is 4.79 Å². The molecule has 4 rings (SSSR count). The minimum Gasteiger partial charge on any atom is -0.465 e. The second kappa shape index (κ2) is 7.36.